The van der Waals surface area contributed by atoms with E-state index in [9.17, 15) is 18.0 Å². The maximum atomic E-state index is 12.6. The Bertz CT molecular complexity index is 873. The largest absolute Gasteiger partial charge is 0.353 e. The second-order valence-electron chi connectivity index (χ2n) is 8.00. The number of nitrogens with zero attached hydrogens (tertiary/aromatic N) is 1. The van der Waals surface area contributed by atoms with Crippen molar-refractivity contribution in [2.24, 2.45) is 5.92 Å². The van der Waals surface area contributed by atoms with Gasteiger partial charge in [0.1, 0.15) is 0 Å². The van der Waals surface area contributed by atoms with Crippen LogP contribution in [0.5, 0.6) is 0 Å². The van der Waals surface area contributed by atoms with Crippen molar-refractivity contribution in [1.82, 2.24) is 10.0 Å². The highest BCUT2D eigenvalue weighted by molar-refractivity contribution is 7.89. The van der Waals surface area contributed by atoms with Crippen LogP contribution in [0.3, 0.4) is 0 Å². The number of hydrogen-bond donors (Lipinski definition) is 2. The van der Waals surface area contributed by atoms with E-state index in [4.69, 9.17) is 0 Å². The van der Waals surface area contributed by atoms with Gasteiger partial charge in [-0.15, -0.1) is 0 Å². The van der Waals surface area contributed by atoms with E-state index in [1.54, 1.807) is 17.0 Å². The molecule has 1 aliphatic heterocycles. The number of sulfonamides is 1. The summed E-state index contributed by atoms with van der Waals surface area (Å²) in [6.45, 7) is 0.688. The Hall–Kier alpha value is -1.93. The van der Waals surface area contributed by atoms with Crippen LogP contribution in [-0.2, 0) is 26.0 Å². The van der Waals surface area contributed by atoms with Gasteiger partial charge in [-0.05, 0) is 55.9 Å². The summed E-state index contributed by atoms with van der Waals surface area (Å²) >= 11 is 0. The van der Waals surface area contributed by atoms with Crippen LogP contribution >= 0.6 is 0 Å². The summed E-state index contributed by atoms with van der Waals surface area (Å²) in [5, 5.41) is 2.96. The van der Waals surface area contributed by atoms with Crippen LogP contribution < -0.4 is 14.9 Å². The van der Waals surface area contributed by atoms with Gasteiger partial charge in [0.2, 0.25) is 21.8 Å². The van der Waals surface area contributed by atoms with E-state index in [2.05, 4.69) is 10.0 Å². The molecule has 2 aliphatic carbocycles. The number of rotatable bonds is 7. The number of nitrogens with one attached hydrogen (secondary N) is 2. The maximum absolute atomic E-state index is 12.6. The van der Waals surface area contributed by atoms with Gasteiger partial charge in [-0.1, -0.05) is 12.8 Å². The highest BCUT2D eigenvalue weighted by Gasteiger charge is 2.36. The summed E-state index contributed by atoms with van der Waals surface area (Å²) in [5.74, 6) is 0.185. The topological polar surface area (TPSA) is 95.6 Å². The lowest BCUT2D eigenvalue weighted by Crippen LogP contribution is -2.35. The minimum atomic E-state index is -3.68. The molecule has 0 saturated heterocycles. The van der Waals surface area contributed by atoms with Crippen molar-refractivity contribution in [3.05, 3.63) is 23.8 Å². The van der Waals surface area contributed by atoms with Crippen molar-refractivity contribution >= 4 is 27.5 Å². The van der Waals surface area contributed by atoms with E-state index >= 15 is 0 Å². The number of anilines is 1. The minimum absolute atomic E-state index is 0.0737. The van der Waals surface area contributed by atoms with Gasteiger partial charge in [0, 0.05) is 37.2 Å². The zero-order valence-electron chi connectivity index (χ0n) is 15.9. The molecule has 0 radical (unpaired) electrons. The Morgan fingerprint density at radius 3 is 2.57 bits per heavy atom. The molecule has 0 bridgehead atoms. The molecule has 28 heavy (non-hydrogen) atoms. The fourth-order valence-electron chi connectivity index (χ4n) is 4.08. The van der Waals surface area contributed by atoms with Crippen molar-refractivity contribution in [3.8, 4) is 0 Å². The van der Waals surface area contributed by atoms with E-state index in [0.29, 0.717) is 13.0 Å². The third-order valence-electron chi connectivity index (χ3n) is 5.81. The monoisotopic (exact) mass is 405 g/mol. The molecule has 2 amide bonds. The second-order valence-corrected chi connectivity index (χ2v) is 9.77. The molecular weight excluding hydrogens is 378 g/mol. The van der Waals surface area contributed by atoms with Crippen LogP contribution in [0.1, 0.15) is 50.5 Å². The van der Waals surface area contributed by atoms with Crippen molar-refractivity contribution in [3.63, 3.8) is 0 Å². The zero-order chi connectivity index (χ0) is 19.7. The number of amides is 2. The lowest BCUT2D eigenvalue weighted by Gasteiger charge is -2.17. The molecule has 152 valence electrons. The van der Waals surface area contributed by atoms with Gasteiger partial charge >= 0.3 is 0 Å². The normalized spacial score (nSPS) is 19.6. The van der Waals surface area contributed by atoms with Gasteiger partial charge in [-0.2, -0.15) is 0 Å². The Balaban J connectivity index is 1.34. The van der Waals surface area contributed by atoms with Gasteiger partial charge in [0.15, 0.2) is 0 Å². The van der Waals surface area contributed by atoms with E-state index in [1.807, 2.05) is 0 Å². The van der Waals surface area contributed by atoms with E-state index in [1.165, 1.54) is 6.07 Å². The third-order valence-corrected chi connectivity index (χ3v) is 7.27. The standard InChI is InChI=1S/C20H27N3O4S/c24-19(22-16-3-1-2-4-16)9-11-21-28(26,27)17-7-8-18-15(13-17)10-12-23(18)20(25)14-5-6-14/h7-8,13-14,16,21H,1-6,9-12H2,(H,22,24). The Morgan fingerprint density at radius 2 is 1.86 bits per heavy atom. The molecule has 2 fully saturated rings. The first-order valence-corrected chi connectivity index (χ1v) is 11.7. The second kappa shape index (κ2) is 7.83. The number of carbonyl (C=O) groups is 2. The molecule has 8 heteroatoms. The molecule has 4 rings (SSSR count). The highest BCUT2D eigenvalue weighted by Crippen LogP contribution is 2.37. The fourth-order valence-corrected chi connectivity index (χ4v) is 5.16. The van der Waals surface area contributed by atoms with Crippen LogP contribution in [0.15, 0.2) is 23.1 Å². The minimum Gasteiger partial charge on any atom is -0.353 e. The first kappa shape index (κ1) is 19.4. The quantitative estimate of drug-likeness (QED) is 0.722. The molecule has 1 aromatic rings. The van der Waals surface area contributed by atoms with Crippen molar-refractivity contribution in [1.29, 1.82) is 0 Å². The SMILES string of the molecule is O=C(CCNS(=O)(=O)c1ccc2c(c1)CCN2C(=O)C1CC1)NC1CCCC1. The summed E-state index contributed by atoms with van der Waals surface area (Å²) in [7, 11) is -3.68. The number of benzene rings is 1. The Labute approximate surface area is 165 Å². The van der Waals surface area contributed by atoms with Crippen molar-refractivity contribution in [2.45, 2.75) is 62.3 Å². The molecule has 2 N–H and O–H groups in total. The lowest BCUT2D eigenvalue weighted by molar-refractivity contribution is -0.121. The highest BCUT2D eigenvalue weighted by atomic mass is 32.2. The van der Waals surface area contributed by atoms with Crippen molar-refractivity contribution < 1.29 is 18.0 Å². The van der Waals surface area contributed by atoms with Crippen LogP contribution in [-0.4, -0.2) is 39.4 Å². The molecule has 0 unspecified atom stereocenters. The number of hydrogen-bond acceptors (Lipinski definition) is 4. The van der Waals surface area contributed by atoms with Crippen LogP contribution in [0, 0.1) is 5.92 Å². The van der Waals surface area contributed by atoms with Gasteiger partial charge in [-0.25, -0.2) is 13.1 Å². The van der Waals surface area contributed by atoms with Crippen LogP contribution in [0.4, 0.5) is 5.69 Å². The van der Waals surface area contributed by atoms with Gasteiger partial charge in [-0.3, -0.25) is 9.59 Å². The molecule has 0 spiro atoms. The Morgan fingerprint density at radius 1 is 1.11 bits per heavy atom. The third kappa shape index (κ3) is 4.22. The van der Waals surface area contributed by atoms with E-state index < -0.39 is 10.0 Å². The van der Waals surface area contributed by atoms with Gasteiger partial charge in [0.25, 0.3) is 0 Å². The summed E-state index contributed by atoms with van der Waals surface area (Å²) in [6, 6.07) is 5.15. The lowest BCUT2D eigenvalue weighted by atomic mass is 10.2. The fraction of sp³-hybridized carbons (Fsp3) is 0.600. The zero-order valence-corrected chi connectivity index (χ0v) is 16.8. The predicted octanol–water partition coefficient (Wildman–Crippen LogP) is 1.71. The first-order chi connectivity index (χ1) is 13.4. The molecular formula is C20H27N3O4S. The molecule has 0 atom stereocenters. The molecule has 3 aliphatic rings. The van der Waals surface area contributed by atoms with Gasteiger partial charge in [0.05, 0.1) is 4.90 Å². The van der Waals surface area contributed by atoms with Crippen LogP contribution in [0.25, 0.3) is 0 Å². The summed E-state index contributed by atoms with van der Waals surface area (Å²) < 4.78 is 27.7. The van der Waals surface area contributed by atoms with Crippen LogP contribution in [0.2, 0.25) is 0 Å². The smallest absolute Gasteiger partial charge is 0.240 e. The molecule has 1 aromatic carbocycles. The summed E-state index contributed by atoms with van der Waals surface area (Å²) in [5.41, 5.74) is 1.71. The number of carbonyl (C=O) groups excluding carboxylic acids is 2. The summed E-state index contributed by atoms with van der Waals surface area (Å²) in [4.78, 5) is 26.3. The molecule has 7 nitrogen and oxygen atoms in total. The Kier molecular flexibility index (Phi) is 5.42. The average molecular weight is 406 g/mol. The summed E-state index contributed by atoms with van der Waals surface area (Å²) in [6.07, 6.45) is 6.99. The van der Waals surface area contributed by atoms with E-state index in [-0.39, 0.29) is 41.6 Å². The predicted molar refractivity (Wildman–Crippen MR) is 105 cm³/mol. The number of fused-ring (bicyclic) bond motifs is 1. The molecule has 2 saturated carbocycles. The van der Waals surface area contributed by atoms with Crippen molar-refractivity contribution in [2.75, 3.05) is 18.0 Å². The first-order valence-electron chi connectivity index (χ1n) is 10.2. The molecule has 0 aromatic heterocycles. The van der Waals surface area contributed by atoms with Gasteiger partial charge < -0.3 is 10.2 Å². The maximum Gasteiger partial charge on any atom is 0.240 e. The van der Waals surface area contributed by atoms with E-state index in [0.717, 1.165) is 49.8 Å². The molecule has 1 heterocycles. The average Bonchev–Trinajstić information content (AvgIpc) is 3.23.